The minimum atomic E-state index is -0.769. The molecule has 0 aromatic rings. The molecule has 0 aliphatic heterocycles. The maximum Gasteiger partial charge on any atom is 0.306 e. The Morgan fingerprint density at radius 2 is 0.446 bits per heavy atom. The number of carbonyl (C=O) groups is 3. The molecule has 6 heteroatoms. The zero-order valence-electron chi connectivity index (χ0n) is 50.4. The van der Waals surface area contributed by atoms with Crippen LogP contribution < -0.4 is 0 Å². The number of carbonyl (C=O) groups excluding carboxylic acids is 3. The van der Waals surface area contributed by atoms with Gasteiger partial charge in [0.2, 0.25) is 0 Å². The first-order valence-electron chi connectivity index (χ1n) is 33.7. The Morgan fingerprint density at radius 3 is 0.676 bits per heavy atom. The SMILES string of the molecule is CCCCCCCC/C=C\CCCCCCCC(=O)OC(COC(=O)CCCCCCCCCCC)COC(=O)CCCCCCCCCCCCCCCCCCCCCCCCCCCCCCCCCC. The lowest BCUT2D eigenvalue weighted by Crippen LogP contribution is -2.30. The molecule has 0 aromatic heterocycles. The smallest absolute Gasteiger partial charge is 0.306 e. The summed E-state index contributed by atoms with van der Waals surface area (Å²) in [5.41, 5.74) is 0. The monoisotopic (exact) mass is 1040 g/mol. The van der Waals surface area contributed by atoms with Crippen LogP contribution >= 0.6 is 0 Å². The highest BCUT2D eigenvalue weighted by Gasteiger charge is 2.19. The highest BCUT2D eigenvalue weighted by atomic mass is 16.6. The topological polar surface area (TPSA) is 78.9 Å². The van der Waals surface area contributed by atoms with Crippen LogP contribution in [-0.2, 0) is 28.6 Å². The van der Waals surface area contributed by atoms with Crippen LogP contribution in [0.3, 0.4) is 0 Å². The molecule has 0 N–H and O–H groups in total. The number of allylic oxidation sites excluding steroid dienone is 2. The summed E-state index contributed by atoms with van der Waals surface area (Å²) < 4.78 is 16.9. The maximum absolute atomic E-state index is 12.8. The molecule has 1 unspecified atom stereocenters. The fourth-order valence-electron chi connectivity index (χ4n) is 10.4. The van der Waals surface area contributed by atoms with Crippen LogP contribution in [-0.4, -0.2) is 37.2 Å². The van der Waals surface area contributed by atoms with Crippen LogP contribution in [0, 0.1) is 0 Å². The number of unbranched alkanes of at least 4 members (excludes halogenated alkanes) is 50. The molecule has 0 aliphatic carbocycles. The van der Waals surface area contributed by atoms with Gasteiger partial charge in [-0.3, -0.25) is 14.4 Å². The fraction of sp³-hybridized carbons (Fsp3) is 0.926. The summed E-state index contributed by atoms with van der Waals surface area (Å²) in [6.07, 6.45) is 75.5. The second-order valence-electron chi connectivity index (χ2n) is 23.1. The summed E-state index contributed by atoms with van der Waals surface area (Å²) in [6, 6.07) is 0. The molecule has 0 amide bonds. The molecule has 0 aromatic carbocycles. The van der Waals surface area contributed by atoms with Gasteiger partial charge in [-0.25, -0.2) is 0 Å². The van der Waals surface area contributed by atoms with Crippen molar-refractivity contribution in [1.82, 2.24) is 0 Å². The Labute approximate surface area is 462 Å². The molecule has 1 atom stereocenters. The van der Waals surface area contributed by atoms with Gasteiger partial charge in [0.1, 0.15) is 13.2 Å². The molecule has 438 valence electrons. The van der Waals surface area contributed by atoms with Crippen molar-refractivity contribution < 1.29 is 28.6 Å². The van der Waals surface area contributed by atoms with Crippen LogP contribution in [0.15, 0.2) is 12.2 Å². The minimum Gasteiger partial charge on any atom is -0.462 e. The molecule has 0 rings (SSSR count). The largest absolute Gasteiger partial charge is 0.462 e. The first-order chi connectivity index (χ1) is 36.5. The second-order valence-corrected chi connectivity index (χ2v) is 23.1. The Bertz CT molecular complexity index is 1150. The number of esters is 3. The minimum absolute atomic E-state index is 0.0676. The van der Waals surface area contributed by atoms with Gasteiger partial charge >= 0.3 is 17.9 Å². The standard InChI is InChI=1S/C68H130O6/c1-4-7-10-13-16-19-21-23-25-26-27-28-29-30-31-32-33-34-35-36-37-38-39-40-41-43-44-46-49-52-55-58-61-67(70)73-64-65(63-72-66(69)60-57-54-51-48-18-15-12-9-6-3)74-68(71)62-59-56-53-50-47-45-42-24-22-20-17-14-11-8-5-2/h24,42,65H,4-23,25-41,43-64H2,1-3H3/b42-24-. The van der Waals surface area contributed by atoms with Gasteiger partial charge in [0.05, 0.1) is 0 Å². The zero-order chi connectivity index (χ0) is 53.6. The van der Waals surface area contributed by atoms with Crippen LogP contribution in [0.1, 0.15) is 387 Å². The first kappa shape index (κ1) is 72.2. The second kappa shape index (κ2) is 63.7. The number of hydrogen-bond donors (Lipinski definition) is 0. The molecule has 0 saturated heterocycles. The van der Waals surface area contributed by atoms with E-state index in [2.05, 4.69) is 32.9 Å². The lowest BCUT2D eigenvalue weighted by Gasteiger charge is -2.18. The Balaban J connectivity index is 3.99. The van der Waals surface area contributed by atoms with Gasteiger partial charge in [-0.15, -0.1) is 0 Å². The van der Waals surface area contributed by atoms with E-state index in [9.17, 15) is 14.4 Å². The van der Waals surface area contributed by atoms with E-state index in [1.54, 1.807) is 0 Å². The third-order valence-electron chi connectivity index (χ3n) is 15.5. The zero-order valence-corrected chi connectivity index (χ0v) is 50.4. The van der Waals surface area contributed by atoms with Crippen LogP contribution in [0.5, 0.6) is 0 Å². The highest BCUT2D eigenvalue weighted by Crippen LogP contribution is 2.19. The van der Waals surface area contributed by atoms with Crippen molar-refractivity contribution in [2.24, 2.45) is 0 Å². The quantitative estimate of drug-likeness (QED) is 0.0261. The number of ether oxygens (including phenoxy) is 3. The lowest BCUT2D eigenvalue weighted by atomic mass is 10.0. The molecule has 0 spiro atoms. The van der Waals surface area contributed by atoms with Crippen LogP contribution in [0.4, 0.5) is 0 Å². The van der Waals surface area contributed by atoms with Crippen molar-refractivity contribution in [1.29, 1.82) is 0 Å². The van der Waals surface area contributed by atoms with Crippen molar-refractivity contribution in [3.63, 3.8) is 0 Å². The molecular formula is C68H130O6. The summed E-state index contributed by atoms with van der Waals surface area (Å²) in [4.78, 5) is 38.1. The van der Waals surface area contributed by atoms with Gasteiger partial charge < -0.3 is 14.2 Å². The van der Waals surface area contributed by atoms with E-state index in [1.165, 1.54) is 283 Å². The van der Waals surface area contributed by atoms with Gasteiger partial charge in [0.25, 0.3) is 0 Å². The summed E-state index contributed by atoms with van der Waals surface area (Å²) >= 11 is 0. The first-order valence-corrected chi connectivity index (χ1v) is 33.7. The molecule has 0 fully saturated rings. The number of hydrogen-bond acceptors (Lipinski definition) is 6. The van der Waals surface area contributed by atoms with E-state index in [4.69, 9.17) is 14.2 Å². The van der Waals surface area contributed by atoms with Crippen molar-refractivity contribution in [3.05, 3.63) is 12.2 Å². The van der Waals surface area contributed by atoms with E-state index in [0.717, 1.165) is 64.2 Å². The van der Waals surface area contributed by atoms with E-state index in [0.29, 0.717) is 19.3 Å². The lowest BCUT2D eigenvalue weighted by molar-refractivity contribution is -0.167. The maximum atomic E-state index is 12.8. The fourth-order valence-corrected chi connectivity index (χ4v) is 10.4. The molecule has 0 heterocycles. The predicted molar refractivity (Wildman–Crippen MR) is 321 cm³/mol. The van der Waals surface area contributed by atoms with E-state index >= 15 is 0 Å². The van der Waals surface area contributed by atoms with Crippen LogP contribution in [0.25, 0.3) is 0 Å². The normalized spacial score (nSPS) is 12.0. The molecule has 0 bridgehead atoms. The third kappa shape index (κ3) is 61.0. The number of rotatable bonds is 63. The van der Waals surface area contributed by atoms with Crippen LogP contribution in [0.2, 0.25) is 0 Å². The summed E-state index contributed by atoms with van der Waals surface area (Å²) in [7, 11) is 0. The summed E-state index contributed by atoms with van der Waals surface area (Å²) in [5, 5.41) is 0. The average molecular weight is 1040 g/mol. The van der Waals surface area contributed by atoms with E-state index in [-0.39, 0.29) is 31.1 Å². The average Bonchev–Trinajstić information content (AvgIpc) is 3.40. The predicted octanol–water partition coefficient (Wildman–Crippen LogP) is 22.8. The molecule has 0 saturated carbocycles. The van der Waals surface area contributed by atoms with Gasteiger partial charge in [-0.1, -0.05) is 335 Å². The van der Waals surface area contributed by atoms with Gasteiger partial charge in [-0.2, -0.15) is 0 Å². The van der Waals surface area contributed by atoms with Crippen molar-refractivity contribution in [2.45, 2.75) is 393 Å². The van der Waals surface area contributed by atoms with Crippen molar-refractivity contribution in [3.8, 4) is 0 Å². The molecule has 6 nitrogen and oxygen atoms in total. The third-order valence-corrected chi connectivity index (χ3v) is 15.5. The van der Waals surface area contributed by atoms with Gasteiger partial charge in [-0.05, 0) is 44.9 Å². The Kier molecular flexibility index (Phi) is 62.1. The molecule has 0 aliphatic rings. The Morgan fingerprint density at radius 1 is 0.257 bits per heavy atom. The summed E-state index contributed by atoms with van der Waals surface area (Å²) in [5.74, 6) is -0.853. The summed E-state index contributed by atoms with van der Waals surface area (Å²) in [6.45, 7) is 6.67. The molecule has 74 heavy (non-hydrogen) atoms. The van der Waals surface area contributed by atoms with E-state index in [1.807, 2.05) is 0 Å². The molecular weight excluding hydrogens is 913 g/mol. The van der Waals surface area contributed by atoms with Crippen molar-refractivity contribution >= 4 is 17.9 Å². The van der Waals surface area contributed by atoms with Gasteiger partial charge in [0, 0.05) is 19.3 Å². The highest BCUT2D eigenvalue weighted by molar-refractivity contribution is 5.71. The Hall–Kier alpha value is -1.85. The van der Waals surface area contributed by atoms with E-state index < -0.39 is 6.10 Å². The molecule has 0 radical (unpaired) electrons. The van der Waals surface area contributed by atoms with Gasteiger partial charge in [0.15, 0.2) is 6.10 Å². The van der Waals surface area contributed by atoms with Crippen molar-refractivity contribution in [2.75, 3.05) is 13.2 Å².